The topological polar surface area (TPSA) is 68.8 Å². The average molecular weight is 288 g/mol. The number of fused-ring (bicyclic) bond motifs is 1. The summed E-state index contributed by atoms with van der Waals surface area (Å²) in [6.45, 7) is 0. The van der Waals surface area contributed by atoms with E-state index in [4.69, 9.17) is 17.4 Å². The van der Waals surface area contributed by atoms with E-state index in [1.54, 1.807) is 17.1 Å². The Kier molecular flexibility index (Phi) is 3.40. The molecular formula is C14H14ClN5. The molecule has 5 nitrogen and oxygen atoms in total. The fourth-order valence-corrected chi connectivity index (χ4v) is 2.68. The van der Waals surface area contributed by atoms with Crippen LogP contribution in [0.4, 0.5) is 0 Å². The quantitative estimate of drug-likeness (QED) is 0.572. The van der Waals surface area contributed by atoms with Crippen molar-refractivity contribution in [3.05, 3.63) is 59.1 Å². The number of nitrogens with zero attached hydrogens (tertiary/aromatic N) is 3. The third kappa shape index (κ3) is 2.06. The monoisotopic (exact) mass is 287 g/mol. The number of rotatable bonds is 3. The second kappa shape index (κ2) is 5.20. The highest BCUT2D eigenvalue weighted by atomic mass is 35.5. The van der Waals surface area contributed by atoms with Gasteiger partial charge in [-0.15, -0.1) is 0 Å². The van der Waals surface area contributed by atoms with Crippen molar-refractivity contribution in [1.82, 2.24) is 20.2 Å². The van der Waals surface area contributed by atoms with Gasteiger partial charge in [0.2, 0.25) is 0 Å². The number of aromatic nitrogens is 3. The molecule has 1 aromatic carbocycles. The van der Waals surface area contributed by atoms with Gasteiger partial charge in [-0.05, 0) is 11.5 Å². The summed E-state index contributed by atoms with van der Waals surface area (Å²) in [5, 5.41) is 6.86. The predicted molar refractivity (Wildman–Crippen MR) is 79.1 cm³/mol. The number of hydrazine groups is 1. The van der Waals surface area contributed by atoms with E-state index in [1.807, 2.05) is 37.4 Å². The van der Waals surface area contributed by atoms with E-state index in [0.29, 0.717) is 5.02 Å². The smallest absolute Gasteiger partial charge is 0.107 e. The summed E-state index contributed by atoms with van der Waals surface area (Å²) in [5.41, 5.74) is 4.41. The Balaban J connectivity index is 2.22. The highest BCUT2D eigenvalue weighted by Gasteiger charge is 2.22. The molecule has 3 N–H and O–H groups in total. The number of halogens is 1. The van der Waals surface area contributed by atoms with E-state index in [9.17, 15) is 0 Å². The van der Waals surface area contributed by atoms with Crippen molar-refractivity contribution in [1.29, 1.82) is 0 Å². The first-order valence-electron chi connectivity index (χ1n) is 6.19. The molecule has 0 bridgehead atoms. The minimum absolute atomic E-state index is 0.318. The molecule has 0 aliphatic rings. The zero-order chi connectivity index (χ0) is 14.1. The van der Waals surface area contributed by atoms with Crippen LogP contribution < -0.4 is 11.3 Å². The highest BCUT2D eigenvalue weighted by molar-refractivity contribution is 6.31. The van der Waals surface area contributed by atoms with E-state index in [-0.39, 0.29) is 6.04 Å². The number of hydrogen-bond donors (Lipinski definition) is 2. The third-order valence-corrected chi connectivity index (χ3v) is 3.65. The number of benzene rings is 1. The van der Waals surface area contributed by atoms with Gasteiger partial charge in [0.1, 0.15) is 6.04 Å². The Bertz CT molecular complexity index is 727. The molecule has 0 radical (unpaired) electrons. The van der Waals surface area contributed by atoms with Crippen molar-refractivity contribution < 1.29 is 0 Å². The molecule has 1 atom stereocenters. The van der Waals surface area contributed by atoms with Crippen LogP contribution in [0.15, 0.2) is 42.7 Å². The molecule has 0 aliphatic heterocycles. The maximum absolute atomic E-state index is 6.21. The van der Waals surface area contributed by atoms with Gasteiger partial charge < -0.3 is 0 Å². The first-order chi connectivity index (χ1) is 9.72. The molecule has 102 valence electrons. The Morgan fingerprint density at radius 1 is 1.30 bits per heavy atom. The zero-order valence-corrected chi connectivity index (χ0v) is 11.7. The molecule has 2 heterocycles. The first-order valence-corrected chi connectivity index (χ1v) is 6.57. The molecule has 0 amide bonds. The summed E-state index contributed by atoms with van der Waals surface area (Å²) >= 11 is 6.21. The van der Waals surface area contributed by atoms with E-state index in [1.165, 1.54) is 0 Å². The second-order valence-corrected chi connectivity index (χ2v) is 4.93. The van der Waals surface area contributed by atoms with Gasteiger partial charge in [-0.2, -0.15) is 5.10 Å². The molecule has 3 rings (SSSR count). The highest BCUT2D eigenvalue weighted by Crippen LogP contribution is 2.30. The van der Waals surface area contributed by atoms with Crippen LogP contribution in [-0.2, 0) is 7.05 Å². The minimum Gasteiger partial charge on any atom is -0.270 e. The minimum atomic E-state index is -0.318. The van der Waals surface area contributed by atoms with Gasteiger partial charge in [0, 0.05) is 18.6 Å². The SMILES string of the molecule is Cn1ncc(Cl)c1C(NN)c1nccc2ccccc12. The van der Waals surface area contributed by atoms with Gasteiger partial charge in [-0.25, -0.2) is 5.43 Å². The molecule has 1 unspecified atom stereocenters. The van der Waals surface area contributed by atoms with E-state index in [0.717, 1.165) is 22.2 Å². The number of hydrogen-bond acceptors (Lipinski definition) is 4. The lowest BCUT2D eigenvalue weighted by atomic mass is 10.0. The molecular weight excluding hydrogens is 274 g/mol. The normalized spacial score (nSPS) is 12.8. The maximum Gasteiger partial charge on any atom is 0.107 e. The molecule has 0 saturated heterocycles. The van der Waals surface area contributed by atoms with E-state index < -0.39 is 0 Å². The van der Waals surface area contributed by atoms with Gasteiger partial charge in [-0.1, -0.05) is 35.9 Å². The lowest BCUT2D eigenvalue weighted by Gasteiger charge is -2.18. The summed E-state index contributed by atoms with van der Waals surface area (Å²) in [7, 11) is 1.83. The number of aryl methyl sites for hydroxylation is 1. The Morgan fingerprint density at radius 2 is 2.10 bits per heavy atom. The molecule has 20 heavy (non-hydrogen) atoms. The van der Waals surface area contributed by atoms with Crippen LogP contribution in [0.3, 0.4) is 0 Å². The fraction of sp³-hybridized carbons (Fsp3) is 0.143. The van der Waals surface area contributed by atoms with Crippen LogP contribution in [0.5, 0.6) is 0 Å². The second-order valence-electron chi connectivity index (χ2n) is 4.52. The molecule has 0 aliphatic carbocycles. The first kappa shape index (κ1) is 13.1. The summed E-state index contributed by atoms with van der Waals surface area (Å²) in [6, 6.07) is 9.68. The van der Waals surface area contributed by atoms with Crippen molar-refractivity contribution in [3.8, 4) is 0 Å². The van der Waals surface area contributed by atoms with Crippen LogP contribution in [0.2, 0.25) is 5.02 Å². The molecule has 0 saturated carbocycles. The molecule has 2 aromatic heterocycles. The summed E-state index contributed by atoms with van der Waals surface area (Å²) in [5.74, 6) is 5.74. The van der Waals surface area contributed by atoms with E-state index >= 15 is 0 Å². The van der Waals surface area contributed by atoms with Crippen LogP contribution >= 0.6 is 11.6 Å². The maximum atomic E-state index is 6.21. The Morgan fingerprint density at radius 3 is 2.80 bits per heavy atom. The van der Waals surface area contributed by atoms with Gasteiger partial charge in [0.25, 0.3) is 0 Å². The van der Waals surface area contributed by atoms with Crippen molar-refractivity contribution >= 4 is 22.4 Å². The number of nitrogens with two attached hydrogens (primary N) is 1. The van der Waals surface area contributed by atoms with Crippen molar-refractivity contribution in [2.24, 2.45) is 12.9 Å². The van der Waals surface area contributed by atoms with E-state index in [2.05, 4.69) is 15.5 Å². The van der Waals surface area contributed by atoms with Crippen LogP contribution in [-0.4, -0.2) is 14.8 Å². The summed E-state index contributed by atoms with van der Waals surface area (Å²) < 4.78 is 1.70. The summed E-state index contributed by atoms with van der Waals surface area (Å²) in [4.78, 5) is 4.47. The lowest BCUT2D eigenvalue weighted by Crippen LogP contribution is -2.31. The van der Waals surface area contributed by atoms with Gasteiger partial charge in [-0.3, -0.25) is 15.5 Å². The molecule has 0 fully saturated rings. The van der Waals surface area contributed by atoms with Gasteiger partial charge >= 0.3 is 0 Å². The third-order valence-electron chi connectivity index (χ3n) is 3.36. The Hall–Kier alpha value is -1.95. The Labute approximate surface area is 121 Å². The number of pyridine rings is 1. The molecule has 0 spiro atoms. The predicted octanol–water partition coefficient (Wildman–Crippen LogP) is 2.17. The average Bonchev–Trinajstić information content (AvgIpc) is 2.81. The molecule has 3 aromatic rings. The zero-order valence-electron chi connectivity index (χ0n) is 10.9. The van der Waals surface area contributed by atoms with Crippen molar-refractivity contribution in [2.75, 3.05) is 0 Å². The number of nitrogens with one attached hydrogen (secondary N) is 1. The van der Waals surface area contributed by atoms with Crippen molar-refractivity contribution in [2.45, 2.75) is 6.04 Å². The van der Waals surface area contributed by atoms with Gasteiger partial charge in [0.05, 0.1) is 22.6 Å². The standard InChI is InChI=1S/C14H14ClN5/c1-20-14(11(15)8-18-20)13(19-16)12-10-5-3-2-4-9(10)6-7-17-12/h2-8,13,19H,16H2,1H3. The van der Waals surface area contributed by atoms with Crippen molar-refractivity contribution in [3.63, 3.8) is 0 Å². The summed E-state index contributed by atoms with van der Waals surface area (Å²) in [6.07, 6.45) is 3.37. The lowest BCUT2D eigenvalue weighted by molar-refractivity contribution is 0.567. The molecule has 6 heteroatoms. The van der Waals surface area contributed by atoms with Crippen LogP contribution in [0.1, 0.15) is 17.4 Å². The fourth-order valence-electron chi connectivity index (χ4n) is 2.41. The van der Waals surface area contributed by atoms with Gasteiger partial charge in [0.15, 0.2) is 0 Å². The van der Waals surface area contributed by atoms with Crippen LogP contribution in [0.25, 0.3) is 10.8 Å². The van der Waals surface area contributed by atoms with Crippen LogP contribution in [0, 0.1) is 0 Å². The largest absolute Gasteiger partial charge is 0.270 e.